The zero-order valence-electron chi connectivity index (χ0n) is 11.1. The van der Waals surface area contributed by atoms with Crippen LogP contribution < -0.4 is 5.32 Å². The highest BCUT2D eigenvalue weighted by atomic mass is 15.0. The Morgan fingerprint density at radius 3 is 2.83 bits per heavy atom. The van der Waals surface area contributed by atoms with Gasteiger partial charge in [0.1, 0.15) is 5.82 Å². The van der Waals surface area contributed by atoms with Crippen molar-refractivity contribution < 1.29 is 0 Å². The van der Waals surface area contributed by atoms with Crippen LogP contribution in [0, 0.1) is 5.92 Å². The molecule has 3 nitrogen and oxygen atoms in total. The van der Waals surface area contributed by atoms with E-state index in [1.165, 1.54) is 19.3 Å². The molecule has 18 heavy (non-hydrogen) atoms. The van der Waals surface area contributed by atoms with Crippen LogP contribution in [0.2, 0.25) is 0 Å². The summed E-state index contributed by atoms with van der Waals surface area (Å²) in [6, 6.07) is 9.15. The molecule has 3 rings (SSSR count). The van der Waals surface area contributed by atoms with Gasteiger partial charge in [0.15, 0.2) is 0 Å². The third-order valence-electron chi connectivity index (χ3n) is 3.91. The summed E-state index contributed by atoms with van der Waals surface area (Å²) in [5, 5.41) is 3.71. The second-order valence-corrected chi connectivity index (χ2v) is 5.38. The molecule has 1 aliphatic carbocycles. The minimum Gasteiger partial charge on any atom is -0.341 e. The van der Waals surface area contributed by atoms with Gasteiger partial charge in [0.05, 0.1) is 17.1 Å². The van der Waals surface area contributed by atoms with E-state index in [2.05, 4.69) is 41.3 Å². The van der Waals surface area contributed by atoms with Crippen molar-refractivity contribution in [1.82, 2.24) is 15.3 Å². The van der Waals surface area contributed by atoms with E-state index in [4.69, 9.17) is 0 Å². The molecule has 0 radical (unpaired) electrons. The van der Waals surface area contributed by atoms with Gasteiger partial charge in [-0.05, 0) is 44.2 Å². The lowest BCUT2D eigenvalue weighted by Gasteiger charge is -2.20. The lowest BCUT2D eigenvalue weighted by molar-refractivity contribution is 0.397. The van der Waals surface area contributed by atoms with Crippen molar-refractivity contribution in [3.8, 4) is 0 Å². The molecule has 1 fully saturated rings. The quantitative estimate of drug-likeness (QED) is 0.845. The summed E-state index contributed by atoms with van der Waals surface area (Å²) in [4.78, 5) is 8.07. The van der Waals surface area contributed by atoms with Crippen LogP contribution in [-0.4, -0.2) is 16.0 Å². The Hall–Kier alpha value is -1.35. The molecule has 2 aromatic rings. The summed E-state index contributed by atoms with van der Waals surface area (Å²) >= 11 is 0. The zero-order chi connectivity index (χ0) is 12.5. The van der Waals surface area contributed by atoms with Crippen molar-refractivity contribution in [1.29, 1.82) is 0 Å². The van der Waals surface area contributed by atoms with Gasteiger partial charge in [-0.1, -0.05) is 19.1 Å². The van der Waals surface area contributed by atoms with Gasteiger partial charge in [0.25, 0.3) is 0 Å². The lowest BCUT2D eigenvalue weighted by Crippen LogP contribution is -2.33. The summed E-state index contributed by atoms with van der Waals surface area (Å²) < 4.78 is 0. The van der Waals surface area contributed by atoms with Crippen LogP contribution >= 0.6 is 0 Å². The summed E-state index contributed by atoms with van der Waals surface area (Å²) in [7, 11) is 0. The average molecular weight is 243 g/mol. The number of rotatable bonds is 5. The Morgan fingerprint density at radius 2 is 2.17 bits per heavy atom. The topological polar surface area (TPSA) is 40.7 Å². The van der Waals surface area contributed by atoms with Crippen LogP contribution in [0.4, 0.5) is 0 Å². The second kappa shape index (κ2) is 4.73. The van der Waals surface area contributed by atoms with Gasteiger partial charge >= 0.3 is 0 Å². The number of para-hydroxylation sites is 2. The molecule has 1 saturated carbocycles. The van der Waals surface area contributed by atoms with Crippen molar-refractivity contribution in [3.63, 3.8) is 0 Å². The average Bonchev–Trinajstić information content (AvgIpc) is 3.13. The van der Waals surface area contributed by atoms with Crippen molar-refractivity contribution >= 4 is 11.0 Å². The molecule has 1 aromatic heterocycles. The molecule has 1 aromatic carbocycles. The molecule has 0 amide bonds. The van der Waals surface area contributed by atoms with Gasteiger partial charge in [-0.2, -0.15) is 0 Å². The normalized spacial score (nSPS) is 19.0. The first-order valence-corrected chi connectivity index (χ1v) is 6.98. The van der Waals surface area contributed by atoms with E-state index in [-0.39, 0.29) is 0 Å². The number of H-pyrrole nitrogens is 1. The van der Waals surface area contributed by atoms with E-state index in [9.17, 15) is 0 Å². The molecule has 2 N–H and O–H groups in total. The Labute approximate surface area is 108 Å². The van der Waals surface area contributed by atoms with E-state index in [1.807, 2.05) is 12.1 Å². The molecule has 1 heterocycles. The van der Waals surface area contributed by atoms with E-state index in [0.29, 0.717) is 12.1 Å². The third-order valence-corrected chi connectivity index (χ3v) is 3.91. The van der Waals surface area contributed by atoms with Crippen molar-refractivity contribution in [2.24, 2.45) is 5.92 Å². The third kappa shape index (κ3) is 2.27. The number of benzene rings is 1. The van der Waals surface area contributed by atoms with E-state index < -0.39 is 0 Å². The molecule has 1 aliphatic rings. The first-order chi connectivity index (χ1) is 8.78. The number of aromatic amines is 1. The maximum atomic E-state index is 4.66. The molecule has 96 valence electrons. The highest BCUT2D eigenvalue weighted by Gasteiger charge is 2.31. The molecule has 2 unspecified atom stereocenters. The molecule has 0 spiro atoms. The monoisotopic (exact) mass is 243 g/mol. The summed E-state index contributed by atoms with van der Waals surface area (Å²) in [6.45, 7) is 4.46. The SMILES string of the molecule is CCC(NC(C)c1nc2ccccc2[nH]1)C1CC1. The number of hydrogen-bond donors (Lipinski definition) is 2. The number of fused-ring (bicyclic) bond motifs is 1. The standard InChI is InChI=1S/C15H21N3/c1-3-12(11-8-9-11)16-10(2)15-17-13-6-4-5-7-14(13)18-15/h4-7,10-12,16H,3,8-9H2,1-2H3,(H,17,18). The van der Waals surface area contributed by atoms with Crippen LogP contribution in [0.25, 0.3) is 11.0 Å². The molecular formula is C15H21N3. The molecule has 0 bridgehead atoms. The van der Waals surface area contributed by atoms with Crippen molar-refractivity contribution in [3.05, 3.63) is 30.1 Å². The Kier molecular flexibility index (Phi) is 3.08. The van der Waals surface area contributed by atoms with E-state index in [0.717, 1.165) is 22.8 Å². The predicted octanol–water partition coefficient (Wildman–Crippen LogP) is 3.40. The number of nitrogens with zero attached hydrogens (tertiary/aromatic N) is 1. The van der Waals surface area contributed by atoms with Crippen molar-refractivity contribution in [2.75, 3.05) is 0 Å². The van der Waals surface area contributed by atoms with Gasteiger partial charge in [-0.15, -0.1) is 0 Å². The van der Waals surface area contributed by atoms with E-state index >= 15 is 0 Å². The minimum atomic E-state index is 0.294. The first kappa shape index (κ1) is 11.7. The van der Waals surface area contributed by atoms with Gasteiger partial charge < -0.3 is 10.3 Å². The van der Waals surface area contributed by atoms with Gasteiger partial charge in [0, 0.05) is 6.04 Å². The van der Waals surface area contributed by atoms with Crippen LogP contribution in [0.3, 0.4) is 0 Å². The largest absolute Gasteiger partial charge is 0.341 e. The summed E-state index contributed by atoms with van der Waals surface area (Å²) in [6.07, 6.45) is 3.98. The Morgan fingerprint density at radius 1 is 1.39 bits per heavy atom. The Balaban J connectivity index is 1.76. The minimum absolute atomic E-state index is 0.294. The zero-order valence-corrected chi connectivity index (χ0v) is 11.1. The number of hydrogen-bond acceptors (Lipinski definition) is 2. The number of aromatic nitrogens is 2. The van der Waals surface area contributed by atoms with Gasteiger partial charge in [-0.25, -0.2) is 4.98 Å². The molecular weight excluding hydrogens is 222 g/mol. The van der Waals surface area contributed by atoms with Crippen LogP contribution in [0.15, 0.2) is 24.3 Å². The lowest BCUT2D eigenvalue weighted by atomic mass is 10.1. The highest BCUT2D eigenvalue weighted by Crippen LogP contribution is 2.34. The molecule has 3 heteroatoms. The first-order valence-electron chi connectivity index (χ1n) is 6.98. The maximum absolute atomic E-state index is 4.66. The highest BCUT2D eigenvalue weighted by molar-refractivity contribution is 5.74. The molecule has 0 saturated heterocycles. The summed E-state index contributed by atoms with van der Waals surface area (Å²) in [5.41, 5.74) is 2.18. The van der Waals surface area contributed by atoms with Crippen LogP contribution in [0.1, 0.15) is 45.0 Å². The number of imidazole rings is 1. The fourth-order valence-corrected chi connectivity index (χ4v) is 2.66. The predicted molar refractivity (Wildman–Crippen MR) is 74.4 cm³/mol. The maximum Gasteiger partial charge on any atom is 0.124 e. The smallest absolute Gasteiger partial charge is 0.124 e. The van der Waals surface area contributed by atoms with Gasteiger partial charge in [-0.3, -0.25) is 0 Å². The van der Waals surface area contributed by atoms with Gasteiger partial charge in [0.2, 0.25) is 0 Å². The molecule has 0 aliphatic heterocycles. The van der Waals surface area contributed by atoms with E-state index in [1.54, 1.807) is 0 Å². The second-order valence-electron chi connectivity index (χ2n) is 5.38. The van der Waals surface area contributed by atoms with Crippen LogP contribution in [0.5, 0.6) is 0 Å². The number of nitrogens with one attached hydrogen (secondary N) is 2. The van der Waals surface area contributed by atoms with Crippen LogP contribution in [-0.2, 0) is 0 Å². The van der Waals surface area contributed by atoms with Crippen molar-refractivity contribution in [2.45, 2.75) is 45.2 Å². The summed E-state index contributed by atoms with van der Waals surface area (Å²) in [5.74, 6) is 1.94. The fraction of sp³-hybridized carbons (Fsp3) is 0.533. The molecule has 2 atom stereocenters. The Bertz CT molecular complexity index is 494. The fourth-order valence-electron chi connectivity index (χ4n) is 2.66.